The Bertz CT molecular complexity index is 260. The quantitative estimate of drug-likeness (QED) is 0.521. The number of ether oxygens (including phenoxy) is 1. The molecular weight excluding hydrogens is 306 g/mol. The van der Waals surface area contributed by atoms with E-state index in [1.807, 2.05) is 0 Å². The van der Waals surface area contributed by atoms with Crippen molar-refractivity contribution in [3.63, 3.8) is 0 Å². The van der Waals surface area contributed by atoms with E-state index in [0.717, 1.165) is 0 Å². The van der Waals surface area contributed by atoms with E-state index < -0.39 is 43.3 Å². The van der Waals surface area contributed by atoms with Gasteiger partial charge in [-0.05, 0) is 13.3 Å². The molecule has 0 bridgehead atoms. The van der Waals surface area contributed by atoms with E-state index in [0.29, 0.717) is 6.92 Å². The summed E-state index contributed by atoms with van der Waals surface area (Å²) < 4.78 is 114. The second-order valence-electron chi connectivity index (χ2n) is 3.60. The van der Waals surface area contributed by atoms with Gasteiger partial charge in [0.2, 0.25) is 0 Å². The zero-order valence-electron chi connectivity index (χ0n) is 10.2. The fourth-order valence-electron chi connectivity index (χ4n) is 1.21. The summed E-state index contributed by atoms with van der Waals surface area (Å²) in [6.45, 7) is -0.652. The fraction of sp³-hybridized carbons (Fsp3) is 1.00. The zero-order valence-corrected chi connectivity index (χ0v) is 10.2. The number of alkyl halides is 9. The number of hydrogen-bond acceptors (Lipinski definition) is 2. The normalized spacial score (nSPS) is 15.8. The molecule has 12 heteroatoms. The summed E-state index contributed by atoms with van der Waals surface area (Å²) in [7, 11) is 0. The summed E-state index contributed by atoms with van der Waals surface area (Å²) in [5, 5.41) is 10.1. The van der Waals surface area contributed by atoms with Crippen LogP contribution in [0.3, 0.4) is 0 Å². The van der Waals surface area contributed by atoms with Gasteiger partial charge >= 0.3 is 43.0 Å². The Morgan fingerprint density at radius 3 is 1.35 bits per heavy atom. The van der Waals surface area contributed by atoms with E-state index in [1.165, 1.54) is 0 Å². The van der Waals surface area contributed by atoms with Crippen molar-refractivity contribution in [3.8, 4) is 0 Å². The molecule has 0 N–H and O–H groups in total. The van der Waals surface area contributed by atoms with Crippen LogP contribution in [-0.2, 0) is 4.74 Å². The maximum Gasteiger partial charge on any atom is 1.00 e. The van der Waals surface area contributed by atoms with E-state index in [9.17, 15) is 44.6 Å². The van der Waals surface area contributed by atoms with Gasteiger partial charge in [0.25, 0.3) is 0 Å². The van der Waals surface area contributed by atoms with Crippen LogP contribution in [0.15, 0.2) is 0 Å². The van der Waals surface area contributed by atoms with Crippen molar-refractivity contribution in [3.05, 3.63) is 0 Å². The van der Waals surface area contributed by atoms with Crippen molar-refractivity contribution in [1.82, 2.24) is 0 Å². The van der Waals surface area contributed by atoms with Gasteiger partial charge in [0.05, 0.1) is 6.10 Å². The van der Waals surface area contributed by atoms with E-state index in [2.05, 4.69) is 4.74 Å². The minimum absolute atomic E-state index is 0. The molecule has 0 amide bonds. The molecule has 0 aliphatic carbocycles. The predicted molar refractivity (Wildman–Crippen MR) is 40.9 cm³/mol. The first kappa shape index (κ1) is 22.2. The third-order valence-electron chi connectivity index (χ3n) is 2.10. The molecule has 1 atom stereocenters. The molecule has 116 valence electrons. The van der Waals surface area contributed by atoms with Crippen molar-refractivity contribution in [2.75, 3.05) is 6.61 Å². The molecule has 0 aromatic heterocycles. The van der Waals surface area contributed by atoms with Crippen LogP contribution < -0.4 is 24.0 Å². The fourth-order valence-corrected chi connectivity index (χ4v) is 1.21. The van der Waals surface area contributed by atoms with Crippen LogP contribution in [0.1, 0.15) is 13.3 Å². The molecule has 2 nitrogen and oxygen atoms in total. The van der Waals surface area contributed by atoms with Gasteiger partial charge in [-0.1, -0.05) is 0 Å². The summed E-state index contributed by atoms with van der Waals surface area (Å²) in [4.78, 5) is 0. The second kappa shape index (κ2) is 6.77. The Morgan fingerprint density at radius 1 is 0.850 bits per heavy atom. The van der Waals surface area contributed by atoms with Crippen molar-refractivity contribution in [2.45, 2.75) is 43.6 Å². The topological polar surface area (TPSA) is 32.3 Å². The third-order valence-corrected chi connectivity index (χ3v) is 2.10. The number of rotatable bonds is 4. The van der Waals surface area contributed by atoms with E-state index in [-0.39, 0.29) is 18.9 Å². The Balaban J connectivity index is 0. The number of hydrogen-bond donors (Lipinski definition) is 0. The van der Waals surface area contributed by atoms with Crippen LogP contribution in [0.25, 0.3) is 0 Å². The summed E-state index contributed by atoms with van der Waals surface area (Å²) >= 11 is 0. The first-order valence-corrected chi connectivity index (χ1v) is 4.66. The largest absolute Gasteiger partial charge is 1.00 e. The Hall–Kier alpha value is -0.113. The minimum Gasteiger partial charge on any atom is -0.854 e. The maximum absolute atomic E-state index is 12.3. The van der Waals surface area contributed by atoms with Crippen LogP contribution in [0.2, 0.25) is 0 Å². The summed E-state index contributed by atoms with van der Waals surface area (Å²) in [5.41, 5.74) is -6.30. The maximum atomic E-state index is 12.3. The van der Waals surface area contributed by atoms with Crippen molar-refractivity contribution in [2.24, 2.45) is 0 Å². The van der Waals surface area contributed by atoms with Gasteiger partial charge in [-0.15, -0.1) is 6.61 Å². The molecule has 0 rings (SSSR count). The van der Waals surface area contributed by atoms with Crippen molar-refractivity contribution in [1.29, 1.82) is 0 Å². The molecule has 1 unspecified atom stereocenters. The second-order valence-corrected chi connectivity index (χ2v) is 3.60. The molecule has 0 aliphatic heterocycles. The summed E-state index contributed by atoms with van der Waals surface area (Å²) in [6.07, 6.45) is -23.4. The van der Waals surface area contributed by atoms with Gasteiger partial charge in [0.1, 0.15) is 0 Å². The van der Waals surface area contributed by atoms with Gasteiger partial charge in [0, 0.05) is 0 Å². The molecular formula is C8H8F9LiO2. The van der Waals surface area contributed by atoms with Gasteiger partial charge in [-0.25, -0.2) is 0 Å². The molecule has 0 spiro atoms. The van der Waals surface area contributed by atoms with E-state index >= 15 is 0 Å². The predicted octanol–water partition coefficient (Wildman–Crippen LogP) is -0.428. The Morgan fingerprint density at radius 2 is 1.15 bits per heavy atom. The van der Waals surface area contributed by atoms with E-state index in [4.69, 9.17) is 0 Å². The van der Waals surface area contributed by atoms with Crippen molar-refractivity contribution < 1.29 is 68.2 Å². The molecule has 0 fully saturated rings. The van der Waals surface area contributed by atoms with Crippen LogP contribution in [-0.4, -0.2) is 36.8 Å². The minimum atomic E-state index is -6.76. The molecule has 20 heavy (non-hydrogen) atoms. The first-order chi connectivity index (χ1) is 8.20. The molecule has 0 aromatic carbocycles. The molecule has 0 radical (unpaired) electrons. The third kappa shape index (κ3) is 4.19. The Kier molecular flexibility index (Phi) is 7.50. The van der Waals surface area contributed by atoms with Crippen LogP contribution in [0, 0.1) is 0 Å². The standard InChI is InChI=1S/C8H8F9O2.Li/c1-4(2-3-18)19-5(6(9,10)11,7(12,13)14)8(15,16)17;/h4H,2-3H2,1H3;/q-1;+1. The summed E-state index contributed by atoms with van der Waals surface area (Å²) in [6, 6.07) is 0. The van der Waals surface area contributed by atoms with Gasteiger partial charge in [-0.3, -0.25) is 0 Å². The smallest absolute Gasteiger partial charge is 0.854 e. The van der Waals surface area contributed by atoms with Gasteiger partial charge in [-0.2, -0.15) is 39.5 Å². The first-order valence-electron chi connectivity index (χ1n) is 4.66. The van der Waals surface area contributed by atoms with Crippen LogP contribution >= 0.6 is 0 Å². The average Bonchev–Trinajstić information content (AvgIpc) is 2.08. The van der Waals surface area contributed by atoms with E-state index in [1.54, 1.807) is 0 Å². The van der Waals surface area contributed by atoms with Crippen LogP contribution in [0.5, 0.6) is 0 Å². The average molecular weight is 314 g/mol. The molecule has 0 aliphatic rings. The van der Waals surface area contributed by atoms with Crippen molar-refractivity contribution >= 4 is 0 Å². The number of halogens is 9. The SMILES string of the molecule is CC(CC[O-])OC(C(F)(F)F)(C(F)(F)F)C(F)(F)F.[Li+]. The zero-order chi connectivity index (χ0) is 15.7. The monoisotopic (exact) mass is 314 g/mol. The molecule has 0 heterocycles. The molecule has 0 saturated heterocycles. The van der Waals surface area contributed by atoms with Gasteiger partial charge < -0.3 is 9.84 Å². The molecule has 0 saturated carbocycles. The molecule has 0 aromatic rings. The summed E-state index contributed by atoms with van der Waals surface area (Å²) in [5.74, 6) is 0. The van der Waals surface area contributed by atoms with Crippen LogP contribution in [0.4, 0.5) is 39.5 Å². The Labute approximate surface area is 119 Å². The van der Waals surface area contributed by atoms with Gasteiger partial charge in [0.15, 0.2) is 0 Å².